The topological polar surface area (TPSA) is 29.9 Å². The highest BCUT2D eigenvalue weighted by molar-refractivity contribution is 7.99. The largest absolute Gasteiger partial charge is 0.335 e. The summed E-state index contributed by atoms with van der Waals surface area (Å²) >= 11 is 2.06. The van der Waals surface area contributed by atoms with Crippen molar-refractivity contribution in [3.8, 4) is 0 Å². The first kappa shape index (κ1) is 17.6. The van der Waals surface area contributed by atoms with Crippen LogP contribution >= 0.6 is 11.8 Å². The van der Waals surface area contributed by atoms with Crippen molar-refractivity contribution >= 4 is 11.8 Å². The molecular formula is C16H31N3S. The lowest BCUT2D eigenvalue weighted by atomic mass is 10.2. The lowest BCUT2D eigenvalue weighted by molar-refractivity contribution is 0.520. The van der Waals surface area contributed by atoms with Gasteiger partial charge in [0.25, 0.3) is 0 Å². The Morgan fingerprint density at radius 2 is 2.05 bits per heavy atom. The third kappa shape index (κ3) is 6.80. The molecule has 0 aliphatic carbocycles. The molecule has 0 aliphatic rings. The van der Waals surface area contributed by atoms with Crippen molar-refractivity contribution in [2.75, 3.05) is 18.1 Å². The van der Waals surface area contributed by atoms with E-state index in [1.807, 2.05) is 6.20 Å². The first-order chi connectivity index (χ1) is 9.67. The van der Waals surface area contributed by atoms with Crippen LogP contribution in [0.3, 0.4) is 0 Å². The van der Waals surface area contributed by atoms with Crippen LogP contribution in [0, 0.1) is 5.92 Å². The van der Waals surface area contributed by atoms with Crippen LogP contribution in [0.15, 0.2) is 12.4 Å². The van der Waals surface area contributed by atoms with Crippen molar-refractivity contribution in [1.82, 2.24) is 14.9 Å². The lowest BCUT2D eigenvalue weighted by Crippen LogP contribution is -2.35. The molecule has 1 N–H and O–H groups in total. The van der Waals surface area contributed by atoms with Gasteiger partial charge >= 0.3 is 0 Å². The molecule has 0 spiro atoms. The van der Waals surface area contributed by atoms with Crippen LogP contribution in [0.5, 0.6) is 0 Å². The van der Waals surface area contributed by atoms with Crippen LogP contribution in [0.1, 0.15) is 46.4 Å². The molecule has 0 saturated heterocycles. The Hall–Kier alpha value is -0.480. The van der Waals surface area contributed by atoms with E-state index in [4.69, 9.17) is 0 Å². The van der Waals surface area contributed by atoms with E-state index in [0.717, 1.165) is 25.4 Å². The fourth-order valence-electron chi connectivity index (χ4n) is 2.18. The van der Waals surface area contributed by atoms with Gasteiger partial charge in [-0.25, -0.2) is 4.98 Å². The van der Waals surface area contributed by atoms with Crippen molar-refractivity contribution in [3.05, 3.63) is 18.2 Å². The highest BCUT2D eigenvalue weighted by Gasteiger charge is 2.13. The Morgan fingerprint density at radius 1 is 1.25 bits per heavy atom. The van der Waals surface area contributed by atoms with Gasteiger partial charge in [0.2, 0.25) is 0 Å². The third-order valence-corrected chi connectivity index (χ3v) is 4.69. The summed E-state index contributed by atoms with van der Waals surface area (Å²) in [7, 11) is 0. The van der Waals surface area contributed by atoms with E-state index in [1.54, 1.807) is 0 Å². The molecule has 0 aromatic carbocycles. The van der Waals surface area contributed by atoms with E-state index >= 15 is 0 Å². The van der Waals surface area contributed by atoms with Gasteiger partial charge in [-0.3, -0.25) is 0 Å². The van der Waals surface area contributed by atoms with Crippen LogP contribution in [0.4, 0.5) is 0 Å². The zero-order valence-corrected chi connectivity index (χ0v) is 14.4. The number of rotatable bonds is 11. The number of imidazole rings is 1. The molecule has 0 fully saturated rings. The molecule has 0 bridgehead atoms. The minimum absolute atomic E-state index is 0.539. The van der Waals surface area contributed by atoms with Crippen LogP contribution < -0.4 is 5.32 Å². The summed E-state index contributed by atoms with van der Waals surface area (Å²) in [6.07, 6.45) is 7.44. The monoisotopic (exact) mass is 297 g/mol. The summed E-state index contributed by atoms with van der Waals surface area (Å²) < 4.78 is 2.30. The molecule has 0 amide bonds. The zero-order valence-electron chi connectivity index (χ0n) is 13.6. The van der Waals surface area contributed by atoms with Crippen LogP contribution in [0.25, 0.3) is 0 Å². The second-order valence-corrected chi connectivity index (χ2v) is 6.90. The summed E-state index contributed by atoms with van der Waals surface area (Å²) in [6.45, 7) is 11.2. The van der Waals surface area contributed by atoms with Crippen molar-refractivity contribution in [2.24, 2.45) is 5.92 Å². The van der Waals surface area contributed by atoms with Gasteiger partial charge in [-0.05, 0) is 31.1 Å². The minimum Gasteiger partial charge on any atom is -0.335 e. The van der Waals surface area contributed by atoms with Crippen LogP contribution in [-0.2, 0) is 13.0 Å². The Kier molecular flexibility index (Phi) is 9.03. The second kappa shape index (κ2) is 10.3. The van der Waals surface area contributed by atoms with Gasteiger partial charge in [-0.1, -0.05) is 27.7 Å². The predicted molar refractivity (Wildman–Crippen MR) is 90.5 cm³/mol. The quantitative estimate of drug-likeness (QED) is 0.677. The first-order valence-electron chi connectivity index (χ1n) is 7.98. The summed E-state index contributed by atoms with van der Waals surface area (Å²) in [5.74, 6) is 4.42. The molecule has 1 heterocycles. The summed E-state index contributed by atoms with van der Waals surface area (Å²) in [5, 5.41) is 3.68. The lowest BCUT2D eigenvalue weighted by Gasteiger charge is -2.19. The Bertz CT molecular complexity index is 349. The van der Waals surface area contributed by atoms with Crippen LogP contribution in [-0.4, -0.2) is 33.6 Å². The summed E-state index contributed by atoms with van der Waals surface area (Å²) in [5.41, 5.74) is 0. The van der Waals surface area contributed by atoms with Gasteiger partial charge in [0.1, 0.15) is 5.82 Å². The fourth-order valence-corrected chi connectivity index (χ4v) is 3.31. The Morgan fingerprint density at radius 3 is 2.70 bits per heavy atom. The summed E-state index contributed by atoms with van der Waals surface area (Å²) in [6, 6.07) is 0.539. The molecule has 0 aliphatic heterocycles. The fraction of sp³-hybridized carbons (Fsp3) is 0.812. The minimum atomic E-state index is 0.539. The smallest absolute Gasteiger partial charge is 0.110 e. The maximum atomic E-state index is 4.54. The molecule has 1 rings (SSSR count). The van der Waals surface area contributed by atoms with E-state index in [0.29, 0.717) is 6.04 Å². The average Bonchev–Trinajstić information content (AvgIpc) is 2.83. The molecule has 3 nitrogen and oxygen atoms in total. The molecule has 1 aromatic rings. The number of hydrogen-bond donors (Lipinski definition) is 1. The number of aryl methyl sites for hydroxylation is 1. The first-order valence-corrected chi connectivity index (χ1v) is 9.13. The van der Waals surface area contributed by atoms with E-state index in [9.17, 15) is 0 Å². The van der Waals surface area contributed by atoms with E-state index in [2.05, 4.69) is 60.5 Å². The molecular weight excluding hydrogens is 266 g/mol. The van der Waals surface area contributed by atoms with Gasteiger partial charge in [0.05, 0.1) is 0 Å². The Labute approximate surface area is 128 Å². The van der Waals surface area contributed by atoms with E-state index in [-0.39, 0.29) is 0 Å². The van der Waals surface area contributed by atoms with Crippen LogP contribution in [0.2, 0.25) is 0 Å². The standard InChI is InChI=1S/C16H31N3S/c1-5-7-17-15(13-20-12-14(3)4)11-16-18-8-10-19(16)9-6-2/h8,10,14-15,17H,5-7,9,11-13H2,1-4H3. The van der Waals surface area contributed by atoms with Gasteiger partial charge in [-0.2, -0.15) is 11.8 Å². The van der Waals surface area contributed by atoms with E-state index < -0.39 is 0 Å². The SMILES string of the molecule is CCCNC(CSCC(C)C)Cc1nccn1CCC. The number of nitrogens with zero attached hydrogens (tertiary/aromatic N) is 2. The van der Waals surface area contributed by atoms with Gasteiger partial charge in [-0.15, -0.1) is 0 Å². The molecule has 0 saturated carbocycles. The normalized spacial score (nSPS) is 13.1. The number of aromatic nitrogens is 2. The highest BCUT2D eigenvalue weighted by atomic mass is 32.2. The highest BCUT2D eigenvalue weighted by Crippen LogP contribution is 2.12. The van der Waals surface area contributed by atoms with Gasteiger partial charge in [0, 0.05) is 37.2 Å². The summed E-state index contributed by atoms with van der Waals surface area (Å²) in [4.78, 5) is 4.54. The van der Waals surface area contributed by atoms with Crippen molar-refractivity contribution in [3.63, 3.8) is 0 Å². The van der Waals surface area contributed by atoms with Crippen molar-refractivity contribution in [2.45, 2.75) is 59.5 Å². The maximum Gasteiger partial charge on any atom is 0.110 e. The molecule has 1 aromatic heterocycles. The molecule has 20 heavy (non-hydrogen) atoms. The number of nitrogens with one attached hydrogen (secondary N) is 1. The predicted octanol–water partition coefficient (Wildman–Crippen LogP) is 3.59. The van der Waals surface area contributed by atoms with Crippen molar-refractivity contribution in [1.29, 1.82) is 0 Å². The molecule has 116 valence electrons. The number of hydrogen-bond acceptors (Lipinski definition) is 3. The molecule has 1 atom stereocenters. The van der Waals surface area contributed by atoms with E-state index in [1.165, 1.54) is 30.2 Å². The molecule has 0 radical (unpaired) electrons. The number of thioether (sulfide) groups is 1. The zero-order chi connectivity index (χ0) is 14.8. The van der Waals surface area contributed by atoms with Crippen molar-refractivity contribution < 1.29 is 0 Å². The van der Waals surface area contributed by atoms with Gasteiger partial charge in [0.15, 0.2) is 0 Å². The molecule has 1 unspecified atom stereocenters. The maximum absolute atomic E-state index is 4.54. The second-order valence-electron chi connectivity index (χ2n) is 5.82. The Balaban J connectivity index is 2.51. The average molecular weight is 298 g/mol. The third-order valence-electron chi connectivity index (χ3n) is 3.15. The van der Waals surface area contributed by atoms with Gasteiger partial charge < -0.3 is 9.88 Å². The molecule has 4 heteroatoms.